The number of alkyl halides is 1. The highest BCUT2D eigenvalue weighted by Crippen LogP contribution is 1.95. The molecule has 0 aliphatic rings. The molecule has 0 aromatic rings. The van der Waals surface area contributed by atoms with E-state index in [1.165, 1.54) is 0 Å². The van der Waals surface area contributed by atoms with Gasteiger partial charge in [0.05, 0.1) is 0 Å². The minimum Gasteiger partial charge on any atom is -0.230 e. The second-order valence-electron chi connectivity index (χ2n) is 1.37. The fourth-order valence-electron chi connectivity index (χ4n) is 0. The first-order valence-electron chi connectivity index (χ1n) is 1.77. The van der Waals surface area contributed by atoms with Gasteiger partial charge < -0.3 is 0 Å². The largest absolute Gasteiger partial charge is 0.230 e. The first kappa shape index (κ1) is 6.88. The maximum Gasteiger partial charge on any atom is 0.197 e. The number of sulfone groups is 1. The van der Waals surface area contributed by atoms with Crippen LogP contribution in [-0.2, 0) is 9.84 Å². The van der Waals surface area contributed by atoms with Crippen LogP contribution in [0.3, 0.4) is 0 Å². The standard InChI is InChI=1S/C3H7FO2S/c1-3(4)7(2,5)6/h3H,1-2H3/t3-/m0/s1. The van der Waals surface area contributed by atoms with E-state index < -0.39 is 15.3 Å². The molecule has 44 valence electrons. The summed E-state index contributed by atoms with van der Waals surface area (Å²) in [6, 6.07) is 0. The van der Waals surface area contributed by atoms with Crippen molar-refractivity contribution in [1.29, 1.82) is 0 Å². The molecule has 0 unspecified atom stereocenters. The molecule has 0 heterocycles. The van der Waals surface area contributed by atoms with Gasteiger partial charge in [0.1, 0.15) is 0 Å². The second kappa shape index (κ2) is 1.78. The molecule has 0 radical (unpaired) electrons. The Morgan fingerprint density at radius 2 is 1.71 bits per heavy atom. The van der Waals surface area contributed by atoms with Crippen LogP contribution in [0.15, 0.2) is 0 Å². The fraction of sp³-hybridized carbons (Fsp3) is 1.00. The van der Waals surface area contributed by atoms with Crippen LogP contribution in [0.4, 0.5) is 4.39 Å². The minimum absolute atomic E-state index is 0.859. The summed E-state index contributed by atoms with van der Waals surface area (Å²) in [5, 5.41) is 0. The molecule has 0 aromatic heterocycles. The topological polar surface area (TPSA) is 34.1 Å². The van der Waals surface area contributed by atoms with E-state index in [0.29, 0.717) is 0 Å². The zero-order chi connectivity index (χ0) is 6.08. The summed E-state index contributed by atoms with van der Waals surface area (Å²) in [7, 11) is -3.41. The predicted molar refractivity (Wildman–Crippen MR) is 25.4 cm³/mol. The molecule has 0 aliphatic carbocycles. The Labute approximate surface area is 42.3 Å². The van der Waals surface area contributed by atoms with Crippen molar-refractivity contribution in [1.82, 2.24) is 0 Å². The van der Waals surface area contributed by atoms with E-state index in [-0.39, 0.29) is 0 Å². The Kier molecular flexibility index (Phi) is 1.75. The van der Waals surface area contributed by atoms with E-state index in [2.05, 4.69) is 0 Å². The zero-order valence-electron chi connectivity index (χ0n) is 4.18. The van der Waals surface area contributed by atoms with Gasteiger partial charge in [-0.1, -0.05) is 0 Å². The SMILES string of the molecule is C[C@@H](F)S(C)(=O)=O. The minimum atomic E-state index is -3.41. The van der Waals surface area contributed by atoms with Crippen molar-refractivity contribution in [2.24, 2.45) is 0 Å². The Morgan fingerprint density at radius 1 is 1.57 bits per heavy atom. The lowest BCUT2D eigenvalue weighted by atomic mass is 10.9. The van der Waals surface area contributed by atoms with Gasteiger partial charge in [-0.15, -0.1) is 0 Å². The van der Waals surface area contributed by atoms with Gasteiger partial charge in [-0.3, -0.25) is 0 Å². The number of hydrogen-bond donors (Lipinski definition) is 0. The third kappa shape index (κ3) is 2.56. The molecule has 0 saturated heterocycles. The highest BCUT2D eigenvalue weighted by atomic mass is 32.2. The smallest absolute Gasteiger partial charge is 0.197 e. The van der Waals surface area contributed by atoms with Crippen molar-refractivity contribution in [3.8, 4) is 0 Å². The highest BCUT2D eigenvalue weighted by Gasteiger charge is 2.10. The average Bonchev–Trinajstić information content (AvgIpc) is 1.31. The van der Waals surface area contributed by atoms with E-state index in [1.807, 2.05) is 0 Å². The van der Waals surface area contributed by atoms with Crippen LogP contribution in [-0.4, -0.2) is 20.2 Å². The zero-order valence-corrected chi connectivity index (χ0v) is 5.00. The van der Waals surface area contributed by atoms with E-state index in [1.54, 1.807) is 0 Å². The van der Waals surface area contributed by atoms with Crippen LogP contribution < -0.4 is 0 Å². The van der Waals surface area contributed by atoms with Gasteiger partial charge in [-0.25, -0.2) is 12.8 Å². The van der Waals surface area contributed by atoms with Crippen LogP contribution in [0, 0.1) is 0 Å². The van der Waals surface area contributed by atoms with Crippen molar-refractivity contribution in [3.05, 3.63) is 0 Å². The van der Waals surface area contributed by atoms with Crippen molar-refractivity contribution in [2.75, 3.05) is 6.26 Å². The van der Waals surface area contributed by atoms with Crippen molar-refractivity contribution in [2.45, 2.75) is 12.4 Å². The summed E-state index contributed by atoms with van der Waals surface area (Å²) in [4.78, 5) is 0. The molecule has 0 aliphatic heterocycles. The summed E-state index contributed by atoms with van der Waals surface area (Å²) in [6.45, 7) is 0.995. The molecule has 0 aromatic carbocycles. The highest BCUT2D eigenvalue weighted by molar-refractivity contribution is 7.91. The molecule has 0 bridgehead atoms. The summed E-state index contributed by atoms with van der Waals surface area (Å²) in [6.07, 6.45) is 0.859. The van der Waals surface area contributed by atoms with Crippen LogP contribution in [0.5, 0.6) is 0 Å². The molecule has 2 nitrogen and oxygen atoms in total. The first-order chi connectivity index (χ1) is 2.94. The third-order valence-electron chi connectivity index (χ3n) is 0.590. The van der Waals surface area contributed by atoms with Gasteiger partial charge in [0.2, 0.25) is 0 Å². The van der Waals surface area contributed by atoms with Gasteiger partial charge in [0.15, 0.2) is 15.3 Å². The second-order valence-corrected chi connectivity index (χ2v) is 3.68. The van der Waals surface area contributed by atoms with Crippen LogP contribution in [0.25, 0.3) is 0 Å². The van der Waals surface area contributed by atoms with Crippen molar-refractivity contribution >= 4 is 9.84 Å². The molecule has 7 heavy (non-hydrogen) atoms. The van der Waals surface area contributed by atoms with Gasteiger partial charge in [-0.05, 0) is 6.92 Å². The molecular weight excluding hydrogens is 119 g/mol. The Balaban J connectivity index is 4.10. The van der Waals surface area contributed by atoms with Crippen molar-refractivity contribution in [3.63, 3.8) is 0 Å². The van der Waals surface area contributed by atoms with Crippen LogP contribution in [0.2, 0.25) is 0 Å². The lowest BCUT2D eigenvalue weighted by Gasteiger charge is -1.92. The molecule has 0 rings (SSSR count). The van der Waals surface area contributed by atoms with E-state index in [4.69, 9.17) is 0 Å². The first-order valence-corrected chi connectivity index (χ1v) is 3.73. The molecule has 1 atom stereocenters. The molecule has 0 spiro atoms. The van der Waals surface area contributed by atoms with Crippen LogP contribution >= 0.6 is 0 Å². The third-order valence-corrected chi connectivity index (χ3v) is 1.77. The van der Waals surface area contributed by atoms with E-state index in [0.717, 1.165) is 13.2 Å². The van der Waals surface area contributed by atoms with Gasteiger partial charge >= 0.3 is 0 Å². The fourth-order valence-corrected chi connectivity index (χ4v) is 0. The Bertz CT molecular complexity index is 135. The molecule has 4 heteroatoms. The quantitative estimate of drug-likeness (QED) is 0.508. The number of halogens is 1. The van der Waals surface area contributed by atoms with Gasteiger partial charge in [0.25, 0.3) is 0 Å². The molecule has 0 amide bonds. The normalized spacial score (nSPS) is 16.4. The monoisotopic (exact) mass is 126 g/mol. The summed E-state index contributed by atoms with van der Waals surface area (Å²) >= 11 is 0. The van der Waals surface area contributed by atoms with E-state index in [9.17, 15) is 12.8 Å². The van der Waals surface area contributed by atoms with Crippen molar-refractivity contribution < 1.29 is 12.8 Å². The summed E-state index contributed by atoms with van der Waals surface area (Å²) in [5.74, 6) is 0. The molecule has 0 saturated carbocycles. The number of rotatable bonds is 1. The Hall–Kier alpha value is -0.120. The molecular formula is C3H7FO2S. The molecule has 0 fully saturated rings. The average molecular weight is 126 g/mol. The van der Waals surface area contributed by atoms with Gasteiger partial charge in [-0.2, -0.15) is 0 Å². The maximum absolute atomic E-state index is 11.6. The predicted octanol–water partition coefficient (Wildman–Crippen LogP) is 0.347. The molecule has 0 N–H and O–H groups in total. The summed E-state index contributed by atoms with van der Waals surface area (Å²) < 4.78 is 31.5. The lowest BCUT2D eigenvalue weighted by molar-refractivity contribution is 0.446. The maximum atomic E-state index is 11.6. The van der Waals surface area contributed by atoms with Gasteiger partial charge in [0, 0.05) is 6.26 Å². The lowest BCUT2D eigenvalue weighted by Crippen LogP contribution is -2.08. The number of hydrogen-bond acceptors (Lipinski definition) is 2. The Morgan fingerprint density at radius 3 is 1.71 bits per heavy atom. The summed E-state index contributed by atoms with van der Waals surface area (Å²) in [5.41, 5.74) is -1.73. The van der Waals surface area contributed by atoms with E-state index >= 15 is 0 Å². The van der Waals surface area contributed by atoms with Crippen LogP contribution in [0.1, 0.15) is 6.92 Å².